The number of ether oxygens (including phenoxy) is 2. The molecule has 0 aliphatic rings. The van der Waals surface area contributed by atoms with Gasteiger partial charge in [-0.1, -0.05) is 162 Å². The van der Waals surface area contributed by atoms with E-state index in [2.05, 4.69) is 123 Å². The van der Waals surface area contributed by atoms with Crippen molar-refractivity contribution >= 4 is 13.8 Å². The first-order valence-electron chi connectivity index (χ1n) is 22.4. The first-order chi connectivity index (χ1) is 28.4. The molecule has 0 radical (unpaired) electrons. The van der Waals surface area contributed by atoms with Crippen molar-refractivity contribution in [3.8, 4) is 0 Å². The molecular formula is C49H82NO7P. The van der Waals surface area contributed by atoms with Gasteiger partial charge < -0.3 is 20.1 Å². The molecule has 0 rings (SSSR count). The van der Waals surface area contributed by atoms with Gasteiger partial charge in [0, 0.05) is 19.6 Å². The molecule has 8 nitrogen and oxygen atoms in total. The van der Waals surface area contributed by atoms with E-state index < -0.39 is 13.9 Å². The minimum absolute atomic E-state index is 0.0866. The van der Waals surface area contributed by atoms with Gasteiger partial charge in [0.1, 0.15) is 6.10 Å². The summed E-state index contributed by atoms with van der Waals surface area (Å²) in [5, 5.41) is 0. The Morgan fingerprint density at radius 1 is 0.517 bits per heavy atom. The van der Waals surface area contributed by atoms with Crippen LogP contribution in [0.25, 0.3) is 0 Å². The lowest BCUT2D eigenvalue weighted by Gasteiger charge is -2.20. The van der Waals surface area contributed by atoms with Gasteiger partial charge in [0.15, 0.2) is 0 Å². The van der Waals surface area contributed by atoms with Gasteiger partial charge in [0.05, 0.1) is 19.8 Å². The molecule has 0 saturated carbocycles. The standard InChI is InChI=1S/C49H82NO7P/c1-3-5-7-9-11-13-15-17-19-21-23-24-25-26-28-30-32-34-36-38-40-42-49(51)57-48(47-56-58(52,53)55-45-43-50)46-54-44-41-39-37-35-33-31-29-27-22-20-18-16-14-12-10-8-6-4-2/h5-8,11-14,17-20,23-24,26-29,48H,3-4,9-10,15-16,21-22,25,30-47,50H2,1-2H3,(H,52,53)/b7-5-,8-6-,13-11-,14-12-,19-17-,20-18-,24-23-,28-26-,29-27-. The molecule has 0 aromatic heterocycles. The van der Waals surface area contributed by atoms with Gasteiger partial charge in [-0.05, 0) is 96.3 Å². The second kappa shape index (κ2) is 45.2. The topological polar surface area (TPSA) is 117 Å². The zero-order chi connectivity index (χ0) is 42.3. The van der Waals surface area contributed by atoms with Crippen LogP contribution in [0.3, 0.4) is 0 Å². The third kappa shape index (κ3) is 44.3. The normalized spacial score (nSPS) is 14.5. The highest BCUT2D eigenvalue weighted by atomic mass is 31.2. The highest BCUT2D eigenvalue weighted by Gasteiger charge is 2.25. The van der Waals surface area contributed by atoms with Gasteiger partial charge in [-0.3, -0.25) is 13.8 Å². The summed E-state index contributed by atoms with van der Waals surface area (Å²) in [4.78, 5) is 22.5. The van der Waals surface area contributed by atoms with Crippen molar-refractivity contribution in [1.82, 2.24) is 0 Å². The van der Waals surface area contributed by atoms with Crippen molar-refractivity contribution < 1.29 is 32.8 Å². The summed E-state index contributed by atoms with van der Waals surface area (Å²) in [5.41, 5.74) is 5.37. The van der Waals surface area contributed by atoms with Crippen LogP contribution in [0.2, 0.25) is 0 Å². The Kier molecular flexibility index (Phi) is 43.0. The van der Waals surface area contributed by atoms with Crippen molar-refractivity contribution in [2.45, 2.75) is 161 Å². The highest BCUT2D eigenvalue weighted by Crippen LogP contribution is 2.43. The Morgan fingerprint density at radius 2 is 0.914 bits per heavy atom. The lowest BCUT2D eigenvalue weighted by molar-refractivity contribution is -0.154. The molecule has 0 heterocycles. The number of esters is 1. The summed E-state index contributed by atoms with van der Waals surface area (Å²) in [5.74, 6) is -0.361. The minimum atomic E-state index is -4.30. The van der Waals surface area contributed by atoms with E-state index in [-0.39, 0.29) is 38.8 Å². The van der Waals surface area contributed by atoms with E-state index >= 15 is 0 Å². The number of rotatable bonds is 41. The molecule has 0 fully saturated rings. The number of carbonyl (C=O) groups excluding carboxylic acids is 1. The predicted molar refractivity (Wildman–Crippen MR) is 247 cm³/mol. The summed E-state index contributed by atoms with van der Waals surface area (Å²) in [7, 11) is -4.30. The minimum Gasteiger partial charge on any atom is -0.457 e. The zero-order valence-electron chi connectivity index (χ0n) is 36.5. The molecule has 9 heteroatoms. The van der Waals surface area contributed by atoms with Gasteiger partial charge in [-0.25, -0.2) is 4.57 Å². The maximum atomic E-state index is 12.6. The summed E-state index contributed by atoms with van der Waals surface area (Å²) >= 11 is 0. The number of nitrogens with two attached hydrogens (primary N) is 1. The third-order valence-electron chi connectivity index (χ3n) is 8.69. The molecule has 0 amide bonds. The quantitative estimate of drug-likeness (QED) is 0.0271. The van der Waals surface area contributed by atoms with Crippen LogP contribution in [0.4, 0.5) is 0 Å². The van der Waals surface area contributed by atoms with Crippen LogP contribution in [0.5, 0.6) is 0 Å². The number of phosphoric acid groups is 1. The molecule has 0 bridgehead atoms. The molecule has 330 valence electrons. The van der Waals surface area contributed by atoms with Crippen molar-refractivity contribution in [3.63, 3.8) is 0 Å². The van der Waals surface area contributed by atoms with Gasteiger partial charge in [0.25, 0.3) is 0 Å². The maximum Gasteiger partial charge on any atom is 0.472 e. The Morgan fingerprint density at radius 3 is 1.36 bits per heavy atom. The average Bonchev–Trinajstić information content (AvgIpc) is 3.21. The lowest BCUT2D eigenvalue weighted by atomic mass is 10.1. The summed E-state index contributed by atoms with van der Waals surface area (Å²) in [6.07, 6.45) is 61.0. The van der Waals surface area contributed by atoms with Crippen molar-refractivity contribution in [2.75, 3.05) is 33.0 Å². The first-order valence-corrected chi connectivity index (χ1v) is 23.9. The Hall–Kier alpha value is -2.84. The van der Waals surface area contributed by atoms with Crippen LogP contribution in [-0.4, -0.2) is 49.9 Å². The fraction of sp³-hybridized carbons (Fsp3) is 0.612. The maximum absolute atomic E-state index is 12.6. The molecule has 0 spiro atoms. The molecule has 0 aliphatic carbocycles. The molecule has 0 aromatic carbocycles. The van der Waals surface area contributed by atoms with Gasteiger partial charge >= 0.3 is 13.8 Å². The monoisotopic (exact) mass is 828 g/mol. The second-order valence-corrected chi connectivity index (χ2v) is 15.6. The number of unbranched alkanes of at least 4 members (excludes halogenated alkanes) is 10. The van der Waals surface area contributed by atoms with Crippen LogP contribution >= 0.6 is 7.82 Å². The summed E-state index contributed by atoms with van der Waals surface area (Å²) < 4.78 is 33.4. The van der Waals surface area contributed by atoms with Crippen molar-refractivity contribution in [3.05, 3.63) is 109 Å². The summed E-state index contributed by atoms with van der Waals surface area (Å²) in [6, 6.07) is 0. The number of allylic oxidation sites excluding steroid dienone is 18. The van der Waals surface area contributed by atoms with Crippen molar-refractivity contribution in [2.24, 2.45) is 5.73 Å². The molecule has 2 unspecified atom stereocenters. The number of phosphoric ester groups is 1. The van der Waals surface area contributed by atoms with E-state index in [0.717, 1.165) is 122 Å². The largest absolute Gasteiger partial charge is 0.472 e. The van der Waals surface area contributed by atoms with E-state index in [4.69, 9.17) is 24.3 Å². The van der Waals surface area contributed by atoms with E-state index in [0.29, 0.717) is 6.61 Å². The fourth-order valence-electron chi connectivity index (χ4n) is 5.48. The van der Waals surface area contributed by atoms with Crippen LogP contribution in [0.1, 0.15) is 155 Å². The van der Waals surface area contributed by atoms with E-state index in [9.17, 15) is 14.3 Å². The van der Waals surface area contributed by atoms with Crippen LogP contribution < -0.4 is 5.73 Å². The third-order valence-corrected chi connectivity index (χ3v) is 9.67. The number of hydrogen-bond donors (Lipinski definition) is 2. The van der Waals surface area contributed by atoms with E-state index in [1.54, 1.807) is 0 Å². The first kappa shape index (κ1) is 55.2. The highest BCUT2D eigenvalue weighted by molar-refractivity contribution is 7.47. The van der Waals surface area contributed by atoms with E-state index in [1.165, 1.54) is 12.8 Å². The second-order valence-electron chi connectivity index (χ2n) is 14.1. The van der Waals surface area contributed by atoms with Crippen LogP contribution in [0.15, 0.2) is 109 Å². The Labute approximate surface area is 354 Å². The smallest absolute Gasteiger partial charge is 0.457 e. The average molecular weight is 828 g/mol. The number of carbonyl (C=O) groups is 1. The molecule has 0 saturated heterocycles. The molecule has 0 aliphatic heterocycles. The van der Waals surface area contributed by atoms with Gasteiger partial charge in [0.2, 0.25) is 0 Å². The summed E-state index contributed by atoms with van der Waals surface area (Å²) in [6.45, 7) is 4.59. The van der Waals surface area contributed by atoms with E-state index in [1.807, 2.05) is 0 Å². The Balaban J connectivity index is 4.14. The molecule has 58 heavy (non-hydrogen) atoms. The predicted octanol–water partition coefficient (Wildman–Crippen LogP) is 13.6. The lowest BCUT2D eigenvalue weighted by Crippen LogP contribution is -2.28. The van der Waals surface area contributed by atoms with Crippen LogP contribution in [0, 0.1) is 0 Å². The van der Waals surface area contributed by atoms with Gasteiger partial charge in [-0.2, -0.15) is 0 Å². The van der Waals surface area contributed by atoms with Crippen LogP contribution in [-0.2, 0) is 27.9 Å². The zero-order valence-corrected chi connectivity index (χ0v) is 37.4. The molecule has 3 N–H and O–H groups in total. The molecule has 2 atom stereocenters. The fourth-order valence-corrected chi connectivity index (χ4v) is 6.25. The Bertz CT molecular complexity index is 1250. The SMILES string of the molecule is CC/C=C\C/C=C\C/C=C\C/C=C\C/C=C\CCCCCCCC(=O)OC(COCCCCCCC/C=C\C/C=C\C/C=C\C/C=C\CC)COP(=O)(O)OCCN. The molecular weight excluding hydrogens is 746 g/mol. The van der Waals surface area contributed by atoms with Crippen molar-refractivity contribution in [1.29, 1.82) is 0 Å². The molecule has 0 aromatic rings. The van der Waals surface area contributed by atoms with Gasteiger partial charge in [-0.15, -0.1) is 0 Å². The number of hydrogen-bond acceptors (Lipinski definition) is 7.